The molecule has 1 fully saturated rings. The quantitative estimate of drug-likeness (QED) is 0.322. The second kappa shape index (κ2) is 9.27. The van der Waals surface area contributed by atoms with E-state index < -0.39 is 0 Å². The van der Waals surface area contributed by atoms with Crippen molar-refractivity contribution in [1.82, 2.24) is 14.9 Å². The Hall–Kier alpha value is -1.60. The summed E-state index contributed by atoms with van der Waals surface area (Å²) in [5.74, 6) is 0.0231. The van der Waals surface area contributed by atoms with Gasteiger partial charge in [0.15, 0.2) is 5.16 Å². The van der Waals surface area contributed by atoms with E-state index in [1.54, 1.807) is 10.6 Å². The Morgan fingerprint density at radius 3 is 2.68 bits per heavy atom. The third-order valence-corrected chi connectivity index (χ3v) is 7.61. The number of fused-ring (bicyclic) bond motifs is 1. The summed E-state index contributed by atoms with van der Waals surface area (Å²) in [6.07, 6.45) is 8.69. The molecule has 1 amide bonds. The highest BCUT2D eigenvalue weighted by molar-refractivity contribution is 8.00. The van der Waals surface area contributed by atoms with Gasteiger partial charge in [0.05, 0.1) is 10.6 Å². The van der Waals surface area contributed by atoms with E-state index in [-0.39, 0.29) is 22.8 Å². The molecule has 0 aliphatic heterocycles. The second-order valence-electron chi connectivity index (χ2n) is 7.52. The maximum absolute atomic E-state index is 13.0. The lowest BCUT2D eigenvalue weighted by molar-refractivity contribution is -0.121. The van der Waals surface area contributed by atoms with Crippen molar-refractivity contribution in [1.29, 1.82) is 0 Å². The van der Waals surface area contributed by atoms with E-state index in [4.69, 9.17) is 4.98 Å². The fourth-order valence-corrected chi connectivity index (χ4v) is 5.64. The Morgan fingerprint density at radius 1 is 1.36 bits per heavy atom. The minimum absolute atomic E-state index is 0.0231. The first kappa shape index (κ1) is 21.1. The highest BCUT2D eigenvalue weighted by Crippen LogP contribution is 2.30. The molecule has 7 heteroatoms. The summed E-state index contributed by atoms with van der Waals surface area (Å²) in [5, 5.41) is 4.16. The molecule has 2 heterocycles. The predicted molar refractivity (Wildman–Crippen MR) is 119 cm³/mol. The van der Waals surface area contributed by atoms with Crippen LogP contribution >= 0.6 is 23.1 Å². The lowest BCUT2D eigenvalue weighted by Crippen LogP contribution is -2.39. The number of nitrogens with zero attached hydrogens (tertiary/aromatic N) is 2. The zero-order valence-corrected chi connectivity index (χ0v) is 18.5. The third-order valence-electron chi connectivity index (χ3n) is 5.42. The average Bonchev–Trinajstić information content (AvgIpc) is 2.82. The van der Waals surface area contributed by atoms with E-state index >= 15 is 0 Å². The standard InChI is InChI=1S/C21H29N3O2S2/c1-5-12-24-20(26)17-13(2)14(3)27-19(17)23-21(24)28-15(4)18(25)22-16-10-8-6-7-9-11-16/h5,15-16H,1,6-12H2,2-4H3,(H,22,25)/t15-/m1/s1. The number of thioether (sulfide) groups is 1. The van der Waals surface area contributed by atoms with Gasteiger partial charge in [-0.3, -0.25) is 14.2 Å². The molecule has 1 N–H and O–H groups in total. The van der Waals surface area contributed by atoms with Crippen molar-refractivity contribution in [3.8, 4) is 0 Å². The number of rotatable bonds is 6. The van der Waals surface area contributed by atoms with Crippen LogP contribution in [-0.2, 0) is 11.3 Å². The number of nitrogens with one attached hydrogen (secondary N) is 1. The van der Waals surface area contributed by atoms with E-state index in [9.17, 15) is 9.59 Å². The molecule has 0 saturated heterocycles. The van der Waals surface area contributed by atoms with Gasteiger partial charge in [-0.2, -0.15) is 0 Å². The molecule has 3 rings (SSSR count). The zero-order chi connectivity index (χ0) is 20.3. The van der Waals surface area contributed by atoms with Crippen molar-refractivity contribution >= 4 is 39.2 Å². The fourth-order valence-electron chi connectivity index (χ4n) is 3.64. The second-order valence-corrected chi connectivity index (χ2v) is 10.0. The van der Waals surface area contributed by atoms with Gasteiger partial charge in [-0.1, -0.05) is 43.5 Å². The molecule has 0 bridgehead atoms. The zero-order valence-electron chi connectivity index (χ0n) is 16.9. The molecule has 0 unspecified atom stereocenters. The summed E-state index contributed by atoms with van der Waals surface area (Å²) >= 11 is 2.89. The molecule has 0 aromatic carbocycles. The lowest BCUT2D eigenvalue weighted by Gasteiger charge is -2.20. The van der Waals surface area contributed by atoms with Gasteiger partial charge in [0.1, 0.15) is 4.83 Å². The SMILES string of the molecule is C=CCn1c(S[C@H](C)C(=O)NC2CCCCCC2)nc2sc(C)c(C)c2c1=O. The number of aryl methyl sites for hydroxylation is 2. The Kier molecular flexibility index (Phi) is 6.99. The van der Waals surface area contributed by atoms with Crippen LogP contribution in [0.2, 0.25) is 0 Å². The Morgan fingerprint density at radius 2 is 2.04 bits per heavy atom. The molecular formula is C21H29N3O2S2. The van der Waals surface area contributed by atoms with Crippen molar-refractivity contribution in [2.24, 2.45) is 0 Å². The number of carbonyl (C=O) groups is 1. The summed E-state index contributed by atoms with van der Waals surface area (Å²) in [6, 6.07) is 0.270. The number of carbonyl (C=O) groups excluding carboxylic acids is 1. The first-order valence-electron chi connectivity index (χ1n) is 10.0. The lowest BCUT2D eigenvalue weighted by atomic mass is 10.1. The Bertz CT molecular complexity index is 924. The van der Waals surface area contributed by atoms with E-state index in [0.29, 0.717) is 17.1 Å². The smallest absolute Gasteiger partial charge is 0.263 e. The molecule has 28 heavy (non-hydrogen) atoms. The molecule has 0 radical (unpaired) electrons. The van der Waals surface area contributed by atoms with Crippen LogP contribution in [0.1, 0.15) is 55.9 Å². The molecule has 2 aromatic rings. The first-order chi connectivity index (χ1) is 13.4. The van der Waals surface area contributed by atoms with Crippen LogP contribution in [-0.4, -0.2) is 26.8 Å². The third kappa shape index (κ3) is 4.51. The van der Waals surface area contributed by atoms with Crippen LogP contribution in [0.15, 0.2) is 22.6 Å². The molecule has 5 nitrogen and oxygen atoms in total. The maximum atomic E-state index is 13.0. The van der Waals surface area contributed by atoms with E-state index in [0.717, 1.165) is 28.1 Å². The molecule has 2 aromatic heterocycles. The van der Waals surface area contributed by atoms with Gasteiger partial charge in [-0.05, 0) is 39.2 Å². The van der Waals surface area contributed by atoms with Crippen LogP contribution in [0.5, 0.6) is 0 Å². The number of hydrogen-bond donors (Lipinski definition) is 1. The van der Waals surface area contributed by atoms with Crippen LogP contribution in [0, 0.1) is 13.8 Å². The van der Waals surface area contributed by atoms with E-state index in [1.165, 1.54) is 48.8 Å². The minimum atomic E-state index is -0.314. The first-order valence-corrected chi connectivity index (χ1v) is 11.7. The van der Waals surface area contributed by atoms with Crippen LogP contribution in [0.3, 0.4) is 0 Å². The van der Waals surface area contributed by atoms with E-state index in [2.05, 4.69) is 11.9 Å². The van der Waals surface area contributed by atoms with Crippen LogP contribution in [0.4, 0.5) is 0 Å². The number of hydrogen-bond acceptors (Lipinski definition) is 5. The largest absolute Gasteiger partial charge is 0.352 e. The maximum Gasteiger partial charge on any atom is 0.263 e. The summed E-state index contributed by atoms with van der Waals surface area (Å²) in [4.78, 5) is 32.4. The number of allylic oxidation sites excluding steroid dienone is 1. The fraction of sp³-hybridized carbons (Fsp3) is 0.571. The van der Waals surface area contributed by atoms with Gasteiger partial charge >= 0.3 is 0 Å². The monoisotopic (exact) mass is 419 g/mol. The predicted octanol–water partition coefficient (Wildman–Crippen LogP) is 4.58. The van der Waals surface area contributed by atoms with E-state index in [1.807, 2.05) is 20.8 Å². The van der Waals surface area contributed by atoms with Gasteiger partial charge in [0.25, 0.3) is 5.56 Å². The molecule has 0 spiro atoms. The number of aromatic nitrogens is 2. The van der Waals surface area contributed by atoms with Gasteiger partial charge in [0.2, 0.25) is 5.91 Å². The molecular weight excluding hydrogens is 390 g/mol. The van der Waals surface area contributed by atoms with Crippen molar-refractivity contribution in [3.05, 3.63) is 33.4 Å². The molecule has 1 aliphatic carbocycles. The molecule has 1 saturated carbocycles. The number of amides is 1. The minimum Gasteiger partial charge on any atom is -0.352 e. The summed E-state index contributed by atoms with van der Waals surface area (Å²) in [5.41, 5.74) is 0.941. The summed E-state index contributed by atoms with van der Waals surface area (Å²) in [6.45, 7) is 10.0. The summed E-state index contributed by atoms with van der Waals surface area (Å²) < 4.78 is 1.63. The average molecular weight is 420 g/mol. The van der Waals surface area contributed by atoms with Crippen LogP contribution < -0.4 is 10.9 Å². The van der Waals surface area contributed by atoms with Gasteiger partial charge in [-0.15, -0.1) is 17.9 Å². The van der Waals surface area contributed by atoms with Crippen molar-refractivity contribution in [3.63, 3.8) is 0 Å². The van der Waals surface area contributed by atoms with Gasteiger partial charge in [0, 0.05) is 17.5 Å². The molecule has 1 aliphatic rings. The van der Waals surface area contributed by atoms with Crippen molar-refractivity contribution < 1.29 is 4.79 Å². The normalized spacial score (nSPS) is 16.7. The summed E-state index contributed by atoms with van der Waals surface area (Å²) in [7, 11) is 0. The van der Waals surface area contributed by atoms with Crippen molar-refractivity contribution in [2.45, 2.75) is 82.3 Å². The van der Waals surface area contributed by atoms with Crippen molar-refractivity contribution in [2.75, 3.05) is 0 Å². The highest BCUT2D eigenvalue weighted by Gasteiger charge is 2.23. The topological polar surface area (TPSA) is 64.0 Å². The van der Waals surface area contributed by atoms with Crippen LogP contribution in [0.25, 0.3) is 10.2 Å². The Labute approximate surface area is 174 Å². The van der Waals surface area contributed by atoms with Gasteiger partial charge in [-0.25, -0.2) is 4.98 Å². The number of thiophene rings is 1. The Balaban J connectivity index is 1.83. The highest BCUT2D eigenvalue weighted by atomic mass is 32.2. The van der Waals surface area contributed by atoms with Gasteiger partial charge < -0.3 is 5.32 Å². The molecule has 152 valence electrons. The molecule has 1 atom stereocenters.